The molecule has 22 heavy (non-hydrogen) atoms. The second kappa shape index (κ2) is 6.34. The van der Waals surface area contributed by atoms with Crippen molar-refractivity contribution in [3.05, 3.63) is 39.4 Å². The monoisotopic (exact) mass is 303 g/mol. The molecular formula is C17H25N3O2. The molecule has 0 saturated carbocycles. The lowest BCUT2D eigenvalue weighted by atomic mass is 9.89. The van der Waals surface area contributed by atoms with Gasteiger partial charge in [0.05, 0.1) is 4.92 Å². The van der Waals surface area contributed by atoms with Gasteiger partial charge in [0.25, 0.3) is 5.69 Å². The van der Waals surface area contributed by atoms with Crippen LogP contribution in [0.4, 0.5) is 5.69 Å². The Labute approximate surface area is 131 Å². The van der Waals surface area contributed by atoms with Crippen LogP contribution in [0.2, 0.25) is 0 Å². The second-order valence-electron chi connectivity index (χ2n) is 6.73. The van der Waals surface area contributed by atoms with Crippen molar-refractivity contribution in [2.75, 3.05) is 19.6 Å². The molecule has 0 aromatic heterocycles. The Morgan fingerprint density at radius 1 is 1.41 bits per heavy atom. The molecule has 120 valence electrons. The van der Waals surface area contributed by atoms with Gasteiger partial charge in [-0.2, -0.15) is 0 Å². The van der Waals surface area contributed by atoms with Gasteiger partial charge in [0.2, 0.25) is 0 Å². The van der Waals surface area contributed by atoms with E-state index >= 15 is 0 Å². The highest BCUT2D eigenvalue weighted by molar-refractivity contribution is 5.43. The van der Waals surface area contributed by atoms with Crippen molar-refractivity contribution in [2.45, 2.75) is 45.2 Å². The third-order valence-corrected chi connectivity index (χ3v) is 5.27. The van der Waals surface area contributed by atoms with E-state index in [0.29, 0.717) is 18.0 Å². The Hall–Kier alpha value is -1.46. The van der Waals surface area contributed by atoms with Gasteiger partial charge in [0.1, 0.15) is 0 Å². The highest BCUT2D eigenvalue weighted by Gasteiger charge is 2.36. The molecule has 1 aromatic rings. The SMILES string of the molecule is Cc1cc(C(C2CCNC2)N2CCC[C@@H]2C)ccc1[N+](=O)[O-]. The smallest absolute Gasteiger partial charge is 0.272 e. The molecule has 1 aromatic carbocycles. The summed E-state index contributed by atoms with van der Waals surface area (Å²) >= 11 is 0. The lowest BCUT2D eigenvalue weighted by molar-refractivity contribution is -0.385. The van der Waals surface area contributed by atoms with Crippen molar-refractivity contribution in [3.63, 3.8) is 0 Å². The Bertz CT molecular complexity index is 555. The minimum Gasteiger partial charge on any atom is -0.316 e. The van der Waals surface area contributed by atoms with Gasteiger partial charge in [0.15, 0.2) is 0 Å². The number of rotatable bonds is 4. The van der Waals surface area contributed by atoms with Crippen LogP contribution >= 0.6 is 0 Å². The van der Waals surface area contributed by atoms with Crippen LogP contribution in [0.25, 0.3) is 0 Å². The van der Waals surface area contributed by atoms with Gasteiger partial charge >= 0.3 is 0 Å². The van der Waals surface area contributed by atoms with E-state index in [1.54, 1.807) is 6.07 Å². The maximum atomic E-state index is 11.1. The van der Waals surface area contributed by atoms with E-state index in [4.69, 9.17) is 0 Å². The van der Waals surface area contributed by atoms with E-state index in [1.165, 1.54) is 24.8 Å². The number of hydrogen-bond donors (Lipinski definition) is 1. The molecule has 3 rings (SSSR count). The molecule has 2 aliphatic rings. The van der Waals surface area contributed by atoms with E-state index in [1.807, 2.05) is 19.1 Å². The van der Waals surface area contributed by atoms with Crippen LogP contribution in [0.3, 0.4) is 0 Å². The summed E-state index contributed by atoms with van der Waals surface area (Å²) in [5.74, 6) is 0.599. The van der Waals surface area contributed by atoms with Crippen molar-refractivity contribution in [1.82, 2.24) is 10.2 Å². The van der Waals surface area contributed by atoms with Crippen molar-refractivity contribution in [3.8, 4) is 0 Å². The van der Waals surface area contributed by atoms with Crippen LogP contribution < -0.4 is 5.32 Å². The molecule has 2 heterocycles. The largest absolute Gasteiger partial charge is 0.316 e. The summed E-state index contributed by atoms with van der Waals surface area (Å²) in [5, 5.41) is 14.5. The predicted octanol–water partition coefficient (Wildman–Crippen LogP) is 3.04. The minimum atomic E-state index is -0.288. The molecule has 5 heteroatoms. The van der Waals surface area contributed by atoms with Crippen LogP contribution in [0.5, 0.6) is 0 Å². The van der Waals surface area contributed by atoms with Gasteiger partial charge in [-0.05, 0) is 70.3 Å². The van der Waals surface area contributed by atoms with E-state index in [-0.39, 0.29) is 10.6 Å². The molecule has 0 amide bonds. The zero-order valence-corrected chi connectivity index (χ0v) is 13.4. The summed E-state index contributed by atoms with van der Waals surface area (Å²) < 4.78 is 0. The fourth-order valence-corrected chi connectivity index (χ4v) is 4.12. The zero-order chi connectivity index (χ0) is 15.7. The molecule has 2 aliphatic heterocycles. The highest BCUT2D eigenvalue weighted by atomic mass is 16.6. The van der Waals surface area contributed by atoms with E-state index in [0.717, 1.165) is 25.2 Å². The lowest BCUT2D eigenvalue weighted by Crippen LogP contribution is -2.37. The molecule has 2 unspecified atom stereocenters. The maximum absolute atomic E-state index is 11.1. The quantitative estimate of drug-likeness (QED) is 0.686. The molecule has 3 atom stereocenters. The van der Waals surface area contributed by atoms with E-state index in [9.17, 15) is 10.1 Å². The van der Waals surface area contributed by atoms with Crippen LogP contribution in [-0.4, -0.2) is 35.5 Å². The first-order valence-corrected chi connectivity index (χ1v) is 8.29. The molecule has 0 bridgehead atoms. The van der Waals surface area contributed by atoms with Crippen LogP contribution in [-0.2, 0) is 0 Å². The molecule has 2 fully saturated rings. The van der Waals surface area contributed by atoms with Gasteiger partial charge in [-0.25, -0.2) is 0 Å². The summed E-state index contributed by atoms with van der Waals surface area (Å²) in [4.78, 5) is 13.4. The zero-order valence-electron chi connectivity index (χ0n) is 13.4. The Morgan fingerprint density at radius 3 is 2.77 bits per heavy atom. The van der Waals surface area contributed by atoms with Gasteiger partial charge in [-0.3, -0.25) is 15.0 Å². The van der Waals surface area contributed by atoms with E-state index < -0.39 is 0 Å². The van der Waals surface area contributed by atoms with Crippen molar-refractivity contribution in [1.29, 1.82) is 0 Å². The summed E-state index contributed by atoms with van der Waals surface area (Å²) in [6, 6.07) is 6.67. The number of nitrogens with one attached hydrogen (secondary N) is 1. The number of hydrogen-bond acceptors (Lipinski definition) is 4. The number of nitro benzene ring substituents is 1. The first kappa shape index (κ1) is 15.4. The predicted molar refractivity (Wildman–Crippen MR) is 87.0 cm³/mol. The van der Waals surface area contributed by atoms with Crippen molar-refractivity contribution >= 4 is 5.69 Å². The van der Waals surface area contributed by atoms with Crippen molar-refractivity contribution in [2.24, 2.45) is 5.92 Å². The van der Waals surface area contributed by atoms with Crippen LogP contribution in [0, 0.1) is 23.0 Å². The fraction of sp³-hybridized carbons (Fsp3) is 0.647. The maximum Gasteiger partial charge on any atom is 0.272 e. The second-order valence-corrected chi connectivity index (χ2v) is 6.73. The topological polar surface area (TPSA) is 58.4 Å². The van der Waals surface area contributed by atoms with Gasteiger partial charge in [-0.1, -0.05) is 6.07 Å². The summed E-state index contributed by atoms with van der Waals surface area (Å²) in [7, 11) is 0. The average molecular weight is 303 g/mol. The number of likely N-dealkylation sites (tertiary alicyclic amines) is 1. The van der Waals surface area contributed by atoms with Crippen LogP contribution in [0.15, 0.2) is 18.2 Å². The molecule has 0 spiro atoms. The summed E-state index contributed by atoms with van der Waals surface area (Å²) in [5.41, 5.74) is 2.23. The first-order chi connectivity index (χ1) is 10.6. The first-order valence-electron chi connectivity index (χ1n) is 8.29. The summed E-state index contributed by atoms with van der Waals surface area (Å²) in [6.45, 7) is 7.41. The Balaban J connectivity index is 1.94. The number of benzene rings is 1. The van der Waals surface area contributed by atoms with Gasteiger partial charge in [0, 0.05) is 23.7 Å². The average Bonchev–Trinajstić information content (AvgIpc) is 3.12. The fourth-order valence-electron chi connectivity index (χ4n) is 4.12. The minimum absolute atomic E-state index is 0.224. The standard InChI is InChI=1S/C17H25N3O2/c1-12-10-14(5-6-16(12)20(21)22)17(15-7-8-18-11-15)19-9-3-4-13(19)2/h5-6,10,13,15,17-18H,3-4,7-9,11H2,1-2H3/t13-,15?,17?/m0/s1. The molecule has 0 radical (unpaired) electrons. The normalized spacial score (nSPS) is 27.2. The number of nitrogens with zero attached hydrogens (tertiary/aromatic N) is 2. The molecule has 1 N–H and O–H groups in total. The molecule has 2 saturated heterocycles. The van der Waals surface area contributed by atoms with Crippen molar-refractivity contribution < 1.29 is 4.92 Å². The highest BCUT2D eigenvalue weighted by Crippen LogP contribution is 2.38. The Kier molecular flexibility index (Phi) is 4.45. The number of aryl methyl sites for hydroxylation is 1. The Morgan fingerprint density at radius 2 is 2.23 bits per heavy atom. The molecular weight excluding hydrogens is 278 g/mol. The third kappa shape index (κ3) is 2.88. The molecule has 5 nitrogen and oxygen atoms in total. The van der Waals surface area contributed by atoms with Gasteiger partial charge in [-0.15, -0.1) is 0 Å². The number of nitro groups is 1. The van der Waals surface area contributed by atoms with Crippen LogP contribution in [0.1, 0.15) is 43.4 Å². The van der Waals surface area contributed by atoms with E-state index in [2.05, 4.69) is 17.1 Å². The van der Waals surface area contributed by atoms with Gasteiger partial charge < -0.3 is 5.32 Å². The lowest BCUT2D eigenvalue weighted by Gasteiger charge is -2.36. The summed E-state index contributed by atoms with van der Waals surface area (Å²) in [6.07, 6.45) is 3.69. The third-order valence-electron chi connectivity index (χ3n) is 5.27. The molecule has 0 aliphatic carbocycles.